The van der Waals surface area contributed by atoms with Crippen molar-refractivity contribution in [1.29, 1.82) is 0 Å². The van der Waals surface area contributed by atoms with Crippen LogP contribution in [0.15, 0.2) is 0 Å². The van der Waals surface area contributed by atoms with E-state index >= 15 is 0 Å². The fourth-order valence-electron chi connectivity index (χ4n) is 5.74. The van der Waals surface area contributed by atoms with Gasteiger partial charge in [-0.05, 0) is 6.42 Å². The Bertz CT molecular complexity index is 868. The molecular formula is C23H46N6O13. The standard InChI is InChI=1S/C23H46N6O13/c24-2-7-13(32)15(34)10(28)21(37-7)40-18-6(27)1-5(26)12(31)20(18)42-23-17(36)19(9(4-30)39-23)41-22-11(29)16(35)14(33)8(3-25)38-22/h5-23,30-36H,1-4,24-29H2/t5?,6?,7?,8?,9-,10?,11?,12-,13?,14?,15?,16?,17?,18?,19-,20+,21?,22+,23?/m1/s1. The molecule has 19 heteroatoms. The van der Waals surface area contributed by atoms with E-state index in [-0.39, 0.29) is 19.5 Å². The van der Waals surface area contributed by atoms with Crippen molar-refractivity contribution < 1.29 is 64.2 Å². The van der Waals surface area contributed by atoms with Crippen molar-refractivity contribution in [2.24, 2.45) is 34.4 Å². The predicted molar refractivity (Wildman–Crippen MR) is 138 cm³/mol. The molecular weight excluding hydrogens is 568 g/mol. The Balaban J connectivity index is 1.50. The van der Waals surface area contributed by atoms with E-state index in [0.717, 1.165) is 0 Å². The smallest absolute Gasteiger partial charge is 0.187 e. The van der Waals surface area contributed by atoms with Gasteiger partial charge in [0.15, 0.2) is 18.9 Å². The van der Waals surface area contributed by atoms with E-state index in [1.165, 1.54) is 0 Å². The molecule has 3 heterocycles. The average molecular weight is 615 g/mol. The quantitative estimate of drug-likeness (QED) is 0.115. The van der Waals surface area contributed by atoms with Crippen molar-refractivity contribution >= 4 is 0 Å². The van der Waals surface area contributed by atoms with Crippen LogP contribution in [0, 0.1) is 0 Å². The summed E-state index contributed by atoms with van der Waals surface area (Å²) in [6.45, 7) is -0.967. The highest BCUT2D eigenvalue weighted by atomic mass is 16.8. The van der Waals surface area contributed by atoms with Crippen LogP contribution in [0.3, 0.4) is 0 Å². The summed E-state index contributed by atoms with van der Waals surface area (Å²) in [7, 11) is 0. The second kappa shape index (κ2) is 14.1. The van der Waals surface area contributed by atoms with E-state index < -0.39 is 123 Å². The third-order valence-electron chi connectivity index (χ3n) is 8.37. The van der Waals surface area contributed by atoms with Crippen LogP contribution in [0.5, 0.6) is 0 Å². The van der Waals surface area contributed by atoms with Crippen LogP contribution in [-0.2, 0) is 28.4 Å². The Labute approximate surface area is 241 Å². The first-order valence-electron chi connectivity index (χ1n) is 13.9. The monoisotopic (exact) mass is 614 g/mol. The van der Waals surface area contributed by atoms with Crippen LogP contribution in [0.4, 0.5) is 0 Å². The Hall–Kier alpha value is -0.760. The van der Waals surface area contributed by atoms with Gasteiger partial charge in [-0.1, -0.05) is 0 Å². The average Bonchev–Trinajstić information content (AvgIpc) is 3.27. The van der Waals surface area contributed by atoms with Crippen molar-refractivity contribution in [2.75, 3.05) is 19.7 Å². The second-order valence-corrected chi connectivity index (χ2v) is 11.2. The molecule has 4 aliphatic rings. The molecule has 42 heavy (non-hydrogen) atoms. The van der Waals surface area contributed by atoms with E-state index in [4.69, 9.17) is 62.8 Å². The van der Waals surface area contributed by atoms with Gasteiger partial charge in [0, 0.05) is 25.2 Å². The van der Waals surface area contributed by atoms with Crippen molar-refractivity contribution in [1.82, 2.24) is 0 Å². The zero-order valence-corrected chi connectivity index (χ0v) is 22.8. The maximum absolute atomic E-state index is 11.1. The molecule has 4 fully saturated rings. The molecule has 0 spiro atoms. The van der Waals surface area contributed by atoms with Gasteiger partial charge < -0.3 is 98.6 Å². The largest absolute Gasteiger partial charge is 0.394 e. The van der Waals surface area contributed by atoms with Crippen LogP contribution in [-0.4, -0.2) is 172 Å². The van der Waals surface area contributed by atoms with Gasteiger partial charge in [-0.15, -0.1) is 0 Å². The van der Waals surface area contributed by atoms with E-state index in [2.05, 4.69) is 0 Å². The molecule has 0 amide bonds. The molecule has 246 valence electrons. The number of aliphatic hydroxyl groups excluding tert-OH is 7. The number of rotatable bonds is 9. The third kappa shape index (κ3) is 6.60. The summed E-state index contributed by atoms with van der Waals surface area (Å²) in [5.41, 5.74) is 35.6. The molecule has 0 aromatic heterocycles. The molecule has 0 aromatic rings. The molecule has 19 N–H and O–H groups in total. The summed E-state index contributed by atoms with van der Waals surface area (Å²) >= 11 is 0. The highest BCUT2D eigenvalue weighted by Crippen LogP contribution is 2.34. The lowest BCUT2D eigenvalue weighted by Crippen LogP contribution is -2.68. The number of aliphatic hydroxyl groups is 7. The lowest BCUT2D eigenvalue weighted by atomic mass is 9.84. The SMILES string of the molecule is NCC1OC(OC2C(N)CC(N)[C@@H](O)[C@@H]2OC2O[C@H](CO)[C@@H](O[C@@H]3OC(CN)C(O)C(O)C3N)C2O)C(N)C(O)C1O. The van der Waals surface area contributed by atoms with Gasteiger partial charge >= 0.3 is 0 Å². The van der Waals surface area contributed by atoms with Crippen molar-refractivity contribution in [3.8, 4) is 0 Å². The third-order valence-corrected chi connectivity index (χ3v) is 8.37. The molecule has 1 aliphatic carbocycles. The first-order chi connectivity index (χ1) is 19.8. The van der Waals surface area contributed by atoms with E-state index in [9.17, 15) is 35.7 Å². The van der Waals surface area contributed by atoms with Crippen molar-refractivity contribution in [2.45, 2.75) is 123 Å². The highest BCUT2D eigenvalue weighted by Gasteiger charge is 2.54. The van der Waals surface area contributed by atoms with Gasteiger partial charge in [0.1, 0.15) is 67.1 Å². The van der Waals surface area contributed by atoms with Gasteiger partial charge in [0.05, 0.1) is 24.8 Å². The lowest BCUT2D eigenvalue weighted by molar-refractivity contribution is -0.306. The fourth-order valence-corrected chi connectivity index (χ4v) is 5.74. The maximum Gasteiger partial charge on any atom is 0.187 e. The zero-order chi connectivity index (χ0) is 31.0. The first-order valence-corrected chi connectivity index (χ1v) is 13.9. The summed E-state index contributed by atoms with van der Waals surface area (Å²) in [5.74, 6) is 0. The molecule has 0 radical (unpaired) electrons. The zero-order valence-electron chi connectivity index (χ0n) is 22.8. The molecule has 4 rings (SSSR count). The molecule has 3 saturated heterocycles. The normalized spacial score (nSPS) is 53.8. The Kier molecular flexibility index (Phi) is 11.5. The van der Waals surface area contributed by atoms with Crippen molar-refractivity contribution in [3.05, 3.63) is 0 Å². The molecule has 19 nitrogen and oxygen atoms in total. The molecule has 19 atom stereocenters. The van der Waals surface area contributed by atoms with Crippen LogP contribution >= 0.6 is 0 Å². The van der Waals surface area contributed by atoms with Crippen LogP contribution < -0.4 is 34.4 Å². The summed E-state index contributed by atoms with van der Waals surface area (Å²) in [6, 6.07) is -4.18. The van der Waals surface area contributed by atoms with Gasteiger partial charge in [0.25, 0.3) is 0 Å². The number of nitrogens with two attached hydrogens (primary N) is 6. The number of ether oxygens (including phenoxy) is 6. The van der Waals surface area contributed by atoms with Gasteiger partial charge in [-0.25, -0.2) is 0 Å². The number of hydrogen-bond acceptors (Lipinski definition) is 19. The van der Waals surface area contributed by atoms with Gasteiger partial charge in [-0.3, -0.25) is 0 Å². The van der Waals surface area contributed by atoms with E-state index in [1.807, 2.05) is 0 Å². The topological polar surface area (TPSA) is 353 Å². The van der Waals surface area contributed by atoms with Crippen molar-refractivity contribution in [3.63, 3.8) is 0 Å². The molecule has 14 unspecified atom stereocenters. The first kappa shape index (κ1) is 34.1. The Morgan fingerprint density at radius 3 is 1.45 bits per heavy atom. The predicted octanol–water partition coefficient (Wildman–Crippen LogP) is -8.90. The summed E-state index contributed by atoms with van der Waals surface area (Å²) in [6.07, 6.45) is -19.8. The molecule has 0 bridgehead atoms. The second-order valence-electron chi connectivity index (χ2n) is 11.2. The lowest BCUT2D eigenvalue weighted by Gasteiger charge is -2.47. The molecule has 1 saturated carbocycles. The minimum Gasteiger partial charge on any atom is -0.394 e. The summed E-state index contributed by atoms with van der Waals surface area (Å²) < 4.78 is 34.6. The Morgan fingerprint density at radius 1 is 0.524 bits per heavy atom. The van der Waals surface area contributed by atoms with Crippen LogP contribution in [0.1, 0.15) is 6.42 Å². The number of hydrogen-bond donors (Lipinski definition) is 13. The minimum absolute atomic E-state index is 0.0889. The molecule has 0 aromatic carbocycles. The van der Waals surface area contributed by atoms with E-state index in [1.54, 1.807) is 0 Å². The van der Waals surface area contributed by atoms with Crippen LogP contribution in [0.25, 0.3) is 0 Å². The van der Waals surface area contributed by atoms with Gasteiger partial charge in [-0.2, -0.15) is 0 Å². The fraction of sp³-hybridized carbons (Fsp3) is 1.00. The highest BCUT2D eigenvalue weighted by molar-refractivity contribution is 5.02. The summed E-state index contributed by atoms with van der Waals surface area (Å²) in [5, 5.41) is 73.0. The molecule has 3 aliphatic heterocycles. The minimum atomic E-state index is -1.60. The van der Waals surface area contributed by atoms with E-state index in [0.29, 0.717) is 0 Å². The van der Waals surface area contributed by atoms with Gasteiger partial charge in [0.2, 0.25) is 0 Å². The maximum atomic E-state index is 11.1. The van der Waals surface area contributed by atoms with Crippen LogP contribution in [0.2, 0.25) is 0 Å². The Morgan fingerprint density at radius 2 is 0.976 bits per heavy atom. The summed E-state index contributed by atoms with van der Waals surface area (Å²) in [4.78, 5) is 0.